The van der Waals surface area contributed by atoms with Crippen molar-refractivity contribution in [3.8, 4) is 0 Å². The first-order chi connectivity index (χ1) is 10.7. The molecule has 0 aromatic carbocycles. The van der Waals surface area contributed by atoms with Gasteiger partial charge in [0.05, 0.1) is 0 Å². The molecule has 4 saturated carbocycles. The van der Waals surface area contributed by atoms with Crippen LogP contribution < -0.4 is 5.32 Å². The second-order valence-corrected chi connectivity index (χ2v) is 7.99. The monoisotopic (exact) mass is 318 g/mol. The molecule has 2 bridgehead atoms. The number of aromatic amines is 1. The normalized spacial score (nSPS) is 38.1. The van der Waals surface area contributed by atoms with E-state index >= 15 is 0 Å². The molecule has 1 amide bonds. The second kappa shape index (κ2) is 4.66. The van der Waals surface area contributed by atoms with Crippen molar-refractivity contribution in [2.45, 2.75) is 44.6 Å². The van der Waals surface area contributed by atoms with Gasteiger partial charge in [-0.05, 0) is 68.0 Å². The van der Waals surface area contributed by atoms with Crippen LogP contribution in [0, 0.1) is 34.4 Å². The molecule has 4 unspecified atom stereocenters. The number of amides is 1. The van der Waals surface area contributed by atoms with Gasteiger partial charge in [0.2, 0.25) is 5.91 Å². The minimum Gasteiger partial charge on any atom is -0.355 e. The van der Waals surface area contributed by atoms with Crippen LogP contribution in [-0.2, 0) is 11.2 Å². The number of fused-ring (bicyclic) bond motifs is 5. The molecule has 4 fully saturated rings. The van der Waals surface area contributed by atoms with Gasteiger partial charge in [-0.3, -0.25) is 9.89 Å². The quantitative estimate of drug-likeness (QED) is 0.818. The third kappa shape index (κ3) is 1.92. The maximum absolute atomic E-state index is 12.4. The predicted molar refractivity (Wildman–Crippen MR) is 83.7 cm³/mol. The van der Waals surface area contributed by atoms with E-state index in [0.717, 1.165) is 40.7 Å². The molecular weight excluding hydrogens is 296 g/mol. The predicted octanol–water partition coefficient (Wildman–Crippen LogP) is 2.23. The van der Waals surface area contributed by atoms with Crippen LogP contribution >= 0.6 is 12.2 Å². The molecule has 2 N–H and O–H groups in total. The molecule has 6 heteroatoms. The number of nitrogens with one attached hydrogen (secondary N) is 2. The number of nitrogens with zero attached hydrogens (tertiary/aromatic N) is 2. The van der Waals surface area contributed by atoms with Crippen LogP contribution in [0.1, 0.15) is 44.0 Å². The maximum Gasteiger partial charge on any atom is 0.223 e. The zero-order valence-corrected chi connectivity index (χ0v) is 13.4. The third-order valence-corrected chi connectivity index (χ3v) is 6.66. The van der Waals surface area contributed by atoms with E-state index < -0.39 is 0 Å². The van der Waals surface area contributed by atoms with Crippen LogP contribution in [0.2, 0.25) is 0 Å². The van der Waals surface area contributed by atoms with Crippen LogP contribution in [0.15, 0.2) is 0 Å². The van der Waals surface area contributed by atoms with Gasteiger partial charge in [-0.25, -0.2) is 0 Å². The highest BCUT2D eigenvalue weighted by atomic mass is 32.1. The van der Waals surface area contributed by atoms with Gasteiger partial charge < -0.3 is 9.88 Å². The van der Waals surface area contributed by atoms with Crippen LogP contribution in [0.4, 0.5) is 0 Å². The summed E-state index contributed by atoms with van der Waals surface area (Å²) in [6.07, 6.45) is 7.29. The molecule has 0 radical (unpaired) electrons. The van der Waals surface area contributed by atoms with E-state index in [-0.39, 0.29) is 0 Å². The SMILES string of the molecule is O=C(NCCc1n[nH]c(=S)n1C1CC1)C1C2C3CCC(C3)C12. The molecule has 4 aliphatic carbocycles. The van der Waals surface area contributed by atoms with Crippen molar-refractivity contribution in [2.75, 3.05) is 6.54 Å². The summed E-state index contributed by atoms with van der Waals surface area (Å²) < 4.78 is 2.85. The maximum atomic E-state index is 12.4. The Kier molecular flexibility index (Phi) is 2.82. The number of carbonyl (C=O) groups is 1. The lowest BCUT2D eigenvalue weighted by Gasteiger charge is -2.10. The standard InChI is InChI=1S/C16H22N4OS/c21-15(14-12-8-1-2-9(7-8)13(12)14)17-6-5-11-18-19-16(22)20(11)10-3-4-10/h8-10,12-14H,1-7H2,(H,17,21)(H,19,22). The summed E-state index contributed by atoms with van der Waals surface area (Å²) in [7, 11) is 0. The van der Waals surface area contributed by atoms with Crippen LogP contribution in [-0.4, -0.2) is 27.2 Å². The second-order valence-electron chi connectivity index (χ2n) is 7.60. The molecule has 22 heavy (non-hydrogen) atoms. The summed E-state index contributed by atoms with van der Waals surface area (Å²) >= 11 is 5.29. The number of hydrogen-bond acceptors (Lipinski definition) is 3. The molecule has 0 saturated heterocycles. The van der Waals surface area contributed by atoms with E-state index in [9.17, 15) is 4.79 Å². The molecule has 5 rings (SSSR count). The Labute approximate surface area is 134 Å². The number of hydrogen-bond donors (Lipinski definition) is 2. The smallest absolute Gasteiger partial charge is 0.223 e. The largest absolute Gasteiger partial charge is 0.355 e. The van der Waals surface area contributed by atoms with E-state index in [1.165, 1.54) is 32.1 Å². The van der Waals surface area contributed by atoms with Gasteiger partial charge in [-0.2, -0.15) is 5.10 Å². The van der Waals surface area contributed by atoms with Crippen molar-refractivity contribution in [3.05, 3.63) is 10.6 Å². The Hall–Kier alpha value is -1.17. The summed E-state index contributed by atoms with van der Waals surface area (Å²) in [5.41, 5.74) is 0. The molecule has 0 aliphatic heterocycles. The summed E-state index contributed by atoms with van der Waals surface area (Å²) in [5.74, 6) is 4.77. The first kappa shape index (κ1) is 13.3. The zero-order chi connectivity index (χ0) is 14.8. The Morgan fingerprint density at radius 2 is 2.00 bits per heavy atom. The first-order valence-electron chi connectivity index (χ1n) is 8.67. The fraction of sp³-hybridized carbons (Fsp3) is 0.812. The van der Waals surface area contributed by atoms with Gasteiger partial charge in [0.25, 0.3) is 0 Å². The molecule has 1 aromatic heterocycles. The highest BCUT2D eigenvalue weighted by molar-refractivity contribution is 7.71. The molecule has 1 heterocycles. The lowest BCUT2D eigenvalue weighted by molar-refractivity contribution is -0.123. The topological polar surface area (TPSA) is 62.7 Å². The molecule has 0 spiro atoms. The van der Waals surface area contributed by atoms with Gasteiger partial charge in [0, 0.05) is 24.9 Å². The first-order valence-corrected chi connectivity index (χ1v) is 9.08. The minimum absolute atomic E-state index is 0.290. The van der Waals surface area contributed by atoms with Crippen molar-refractivity contribution in [3.63, 3.8) is 0 Å². The van der Waals surface area contributed by atoms with E-state index in [1.807, 2.05) is 0 Å². The lowest BCUT2D eigenvalue weighted by atomic mass is 10.0. The van der Waals surface area contributed by atoms with Gasteiger partial charge in [-0.1, -0.05) is 0 Å². The highest BCUT2D eigenvalue weighted by Gasteiger charge is 2.67. The van der Waals surface area contributed by atoms with Crippen LogP contribution in [0.25, 0.3) is 0 Å². The molecule has 1 aromatic rings. The number of H-pyrrole nitrogens is 1. The third-order valence-electron chi connectivity index (χ3n) is 6.38. The summed E-state index contributed by atoms with van der Waals surface area (Å²) in [6, 6.07) is 0.537. The molecule has 5 nitrogen and oxygen atoms in total. The fourth-order valence-corrected chi connectivity index (χ4v) is 5.61. The van der Waals surface area contributed by atoms with Crippen molar-refractivity contribution in [2.24, 2.45) is 29.6 Å². The fourth-order valence-electron chi connectivity index (χ4n) is 5.31. The Morgan fingerprint density at radius 1 is 1.27 bits per heavy atom. The summed E-state index contributed by atoms with van der Waals surface area (Å²) in [4.78, 5) is 12.4. The van der Waals surface area contributed by atoms with Gasteiger partial charge in [0.1, 0.15) is 5.82 Å². The summed E-state index contributed by atoms with van der Waals surface area (Å²) in [5, 5.41) is 10.4. The average molecular weight is 318 g/mol. The van der Waals surface area contributed by atoms with Gasteiger partial charge >= 0.3 is 0 Å². The number of carbonyl (C=O) groups excluding carboxylic acids is 1. The van der Waals surface area contributed by atoms with Crippen molar-refractivity contribution in [1.82, 2.24) is 20.1 Å². The van der Waals surface area contributed by atoms with E-state index in [2.05, 4.69) is 20.1 Å². The molecule has 4 atom stereocenters. The minimum atomic E-state index is 0.290. The Morgan fingerprint density at radius 3 is 2.68 bits per heavy atom. The summed E-state index contributed by atoms with van der Waals surface area (Å²) in [6.45, 7) is 0.677. The molecule has 118 valence electrons. The van der Waals surface area contributed by atoms with Crippen molar-refractivity contribution in [1.29, 1.82) is 0 Å². The highest BCUT2D eigenvalue weighted by Crippen LogP contribution is 2.69. The molecule has 4 aliphatic rings. The van der Waals surface area contributed by atoms with E-state index in [1.54, 1.807) is 0 Å². The number of aromatic nitrogens is 3. The van der Waals surface area contributed by atoms with Gasteiger partial charge in [0.15, 0.2) is 4.77 Å². The van der Waals surface area contributed by atoms with E-state index in [0.29, 0.717) is 24.4 Å². The molecular formula is C16H22N4OS. The van der Waals surface area contributed by atoms with E-state index in [4.69, 9.17) is 12.2 Å². The Bertz CT molecular complexity index is 660. The zero-order valence-electron chi connectivity index (χ0n) is 12.6. The Balaban J connectivity index is 1.17. The number of rotatable bonds is 5. The van der Waals surface area contributed by atoms with Crippen molar-refractivity contribution >= 4 is 18.1 Å². The van der Waals surface area contributed by atoms with Gasteiger partial charge in [-0.15, -0.1) is 0 Å². The average Bonchev–Trinajstić information content (AvgIpc) is 3.38. The van der Waals surface area contributed by atoms with Crippen molar-refractivity contribution < 1.29 is 4.79 Å². The van der Waals surface area contributed by atoms with Crippen LogP contribution in [0.5, 0.6) is 0 Å². The van der Waals surface area contributed by atoms with Crippen LogP contribution in [0.3, 0.4) is 0 Å². The lowest BCUT2D eigenvalue weighted by Crippen LogP contribution is -2.30.